The minimum absolute atomic E-state index is 0.0368. The number of likely N-dealkylation sites (tertiary alicyclic amines) is 1. The third kappa shape index (κ3) is 3.14. The fraction of sp³-hybridized carbons (Fsp3) is 0.316. The SMILES string of the molecule is CC1C(c2ccccc2)CCN1C(=O)NCc1ccccc1. The number of hydrogen-bond donors (Lipinski definition) is 1. The fourth-order valence-electron chi connectivity index (χ4n) is 3.25. The van der Waals surface area contributed by atoms with E-state index in [1.807, 2.05) is 41.3 Å². The topological polar surface area (TPSA) is 32.3 Å². The highest BCUT2D eigenvalue weighted by molar-refractivity contribution is 5.75. The summed E-state index contributed by atoms with van der Waals surface area (Å²) in [6, 6.07) is 20.8. The van der Waals surface area contributed by atoms with Crippen molar-refractivity contribution in [1.82, 2.24) is 10.2 Å². The summed E-state index contributed by atoms with van der Waals surface area (Å²) in [4.78, 5) is 14.4. The van der Waals surface area contributed by atoms with Gasteiger partial charge in [0.15, 0.2) is 0 Å². The van der Waals surface area contributed by atoms with E-state index in [1.165, 1.54) is 5.56 Å². The quantitative estimate of drug-likeness (QED) is 0.918. The number of nitrogens with one attached hydrogen (secondary N) is 1. The predicted molar refractivity (Wildman–Crippen MR) is 88.6 cm³/mol. The van der Waals surface area contributed by atoms with Crippen molar-refractivity contribution >= 4 is 6.03 Å². The van der Waals surface area contributed by atoms with Gasteiger partial charge in [0.25, 0.3) is 0 Å². The monoisotopic (exact) mass is 294 g/mol. The molecular formula is C19H22N2O. The molecule has 1 N–H and O–H groups in total. The van der Waals surface area contributed by atoms with Gasteiger partial charge in [-0.3, -0.25) is 0 Å². The highest BCUT2D eigenvalue weighted by Gasteiger charge is 2.34. The molecule has 1 aliphatic heterocycles. The summed E-state index contributed by atoms with van der Waals surface area (Å²) in [5.74, 6) is 0.434. The highest BCUT2D eigenvalue weighted by atomic mass is 16.2. The Balaban J connectivity index is 1.60. The summed E-state index contributed by atoms with van der Waals surface area (Å²) in [5, 5.41) is 3.03. The zero-order chi connectivity index (χ0) is 15.4. The number of rotatable bonds is 3. The second-order valence-electron chi connectivity index (χ2n) is 5.88. The Morgan fingerprint density at radius 3 is 2.41 bits per heavy atom. The van der Waals surface area contributed by atoms with Gasteiger partial charge in [0.2, 0.25) is 0 Å². The summed E-state index contributed by atoms with van der Waals surface area (Å²) in [6.07, 6.45) is 1.03. The number of benzene rings is 2. The molecule has 2 aromatic rings. The molecule has 1 heterocycles. The predicted octanol–water partition coefficient (Wildman–Crippen LogP) is 3.77. The van der Waals surface area contributed by atoms with E-state index in [-0.39, 0.29) is 12.1 Å². The van der Waals surface area contributed by atoms with Crippen molar-refractivity contribution in [3.05, 3.63) is 71.8 Å². The maximum atomic E-state index is 12.4. The van der Waals surface area contributed by atoms with E-state index >= 15 is 0 Å². The van der Waals surface area contributed by atoms with Crippen LogP contribution in [0.25, 0.3) is 0 Å². The van der Waals surface area contributed by atoms with Crippen molar-refractivity contribution in [1.29, 1.82) is 0 Å². The molecule has 3 nitrogen and oxygen atoms in total. The van der Waals surface area contributed by atoms with Gasteiger partial charge >= 0.3 is 6.03 Å². The molecule has 3 heteroatoms. The molecule has 1 fully saturated rings. The molecule has 0 radical (unpaired) electrons. The van der Waals surface area contributed by atoms with Gasteiger partial charge < -0.3 is 10.2 Å². The van der Waals surface area contributed by atoms with Gasteiger partial charge in [0, 0.05) is 25.0 Å². The van der Waals surface area contributed by atoms with Crippen molar-refractivity contribution in [2.45, 2.75) is 31.8 Å². The number of urea groups is 1. The lowest BCUT2D eigenvalue weighted by Crippen LogP contribution is -2.42. The van der Waals surface area contributed by atoms with Crippen LogP contribution in [0.5, 0.6) is 0 Å². The van der Waals surface area contributed by atoms with E-state index in [4.69, 9.17) is 0 Å². The molecule has 0 spiro atoms. The van der Waals surface area contributed by atoms with Gasteiger partial charge in [0.05, 0.1) is 0 Å². The highest BCUT2D eigenvalue weighted by Crippen LogP contribution is 2.33. The van der Waals surface area contributed by atoms with Crippen LogP contribution in [-0.4, -0.2) is 23.5 Å². The third-order valence-corrected chi connectivity index (χ3v) is 4.53. The first-order valence-corrected chi connectivity index (χ1v) is 7.89. The van der Waals surface area contributed by atoms with Crippen molar-refractivity contribution in [2.75, 3.05) is 6.54 Å². The van der Waals surface area contributed by atoms with Crippen molar-refractivity contribution in [3.63, 3.8) is 0 Å². The van der Waals surface area contributed by atoms with Crippen LogP contribution in [0.3, 0.4) is 0 Å². The molecule has 114 valence electrons. The molecule has 0 saturated carbocycles. The van der Waals surface area contributed by atoms with Gasteiger partial charge in [0.1, 0.15) is 0 Å². The van der Waals surface area contributed by atoms with E-state index in [0.717, 1.165) is 18.5 Å². The largest absolute Gasteiger partial charge is 0.334 e. The standard InChI is InChI=1S/C19H22N2O/c1-15-18(17-10-6-3-7-11-17)12-13-21(15)19(22)20-14-16-8-4-2-5-9-16/h2-11,15,18H,12-14H2,1H3,(H,20,22). The average Bonchev–Trinajstić information content (AvgIpc) is 2.96. The first-order valence-electron chi connectivity index (χ1n) is 7.89. The van der Waals surface area contributed by atoms with E-state index < -0.39 is 0 Å². The molecule has 22 heavy (non-hydrogen) atoms. The molecule has 2 unspecified atom stereocenters. The van der Waals surface area contributed by atoms with Crippen LogP contribution in [0, 0.1) is 0 Å². The Morgan fingerprint density at radius 1 is 1.09 bits per heavy atom. The summed E-state index contributed by atoms with van der Waals surface area (Å²) in [7, 11) is 0. The number of carbonyl (C=O) groups excluding carboxylic acids is 1. The second kappa shape index (κ2) is 6.65. The molecule has 1 saturated heterocycles. The van der Waals surface area contributed by atoms with Crippen LogP contribution in [0.2, 0.25) is 0 Å². The molecule has 2 amide bonds. The molecule has 3 rings (SSSR count). The minimum atomic E-state index is 0.0368. The Morgan fingerprint density at radius 2 is 1.73 bits per heavy atom. The Bertz CT molecular complexity index is 612. The van der Waals surface area contributed by atoms with Gasteiger partial charge in [-0.15, -0.1) is 0 Å². The third-order valence-electron chi connectivity index (χ3n) is 4.53. The van der Waals surface area contributed by atoms with Crippen LogP contribution in [0.4, 0.5) is 4.79 Å². The van der Waals surface area contributed by atoms with Gasteiger partial charge in [-0.2, -0.15) is 0 Å². The van der Waals surface area contributed by atoms with E-state index in [9.17, 15) is 4.79 Å². The van der Waals surface area contributed by atoms with E-state index in [2.05, 4.69) is 36.5 Å². The van der Waals surface area contributed by atoms with Crippen molar-refractivity contribution in [2.24, 2.45) is 0 Å². The Labute approximate surface area is 132 Å². The van der Waals surface area contributed by atoms with Crippen LogP contribution in [-0.2, 0) is 6.54 Å². The summed E-state index contributed by atoms with van der Waals surface area (Å²) in [6.45, 7) is 3.55. The molecular weight excluding hydrogens is 272 g/mol. The lowest BCUT2D eigenvalue weighted by atomic mass is 9.93. The van der Waals surface area contributed by atoms with Crippen LogP contribution in [0.15, 0.2) is 60.7 Å². The lowest BCUT2D eigenvalue weighted by molar-refractivity contribution is 0.193. The lowest BCUT2D eigenvalue weighted by Gasteiger charge is -2.25. The number of carbonyl (C=O) groups is 1. The van der Waals surface area contributed by atoms with Crippen molar-refractivity contribution < 1.29 is 4.79 Å². The average molecular weight is 294 g/mol. The summed E-state index contributed by atoms with van der Waals surface area (Å²) >= 11 is 0. The zero-order valence-electron chi connectivity index (χ0n) is 12.9. The molecule has 0 aromatic heterocycles. The second-order valence-corrected chi connectivity index (χ2v) is 5.88. The molecule has 2 aromatic carbocycles. The molecule has 1 aliphatic rings. The van der Waals surface area contributed by atoms with Gasteiger partial charge in [-0.05, 0) is 24.5 Å². The smallest absolute Gasteiger partial charge is 0.317 e. The fourth-order valence-corrected chi connectivity index (χ4v) is 3.25. The minimum Gasteiger partial charge on any atom is -0.334 e. The maximum absolute atomic E-state index is 12.4. The van der Waals surface area contributed by atoms with Crippen LogP contribution < -0.4 is 5.32 Å². The van der Waals surface area contributed by atoms with Crippen molar-refractivity contribution in [3.8, 4) is 0 Å². The first-order chi connectivity index (χ1) is 10.8. The van der Waals surface area contributed by atoms with Crippen LogP contribution in [0.1, 0.15) is 30.4 Å². The van der Waals surface area contributed by atoms with Crippen LogP contribution >= 0.6 is 0 Å². The molecule has 0 bridgehead atoms. The number of nitrogens with zero attached hydrogens (tertiary/aromatic N) is 1. The molecule has 0 aliphatic carbocycles. The first kappa shape index (κ1) is 14.6. The van der Waals surface area contributed by atoms with Gasteiger partial charge in [-0.1, -0.05) is 60.7 Å². The summed E-state index contributed by atoms with van der Waals surface area (Å²) in [5.41, 5.74) is 2.45. The Kier molecular flexibility index (Phi) is 4.42. The summed E-state index contributed by atoms with van der Waals surface area (Å²) < 4.78 is 0. The normalized spacial score (nSPS) is 20.9. The Hall–Kier alpha value is -2.29. The van der Waals surface area contributed by atoms with E-state index in [0.29, 0.717) is 12.5 Å². The molecule has 2 atom stereocenters. The number of amides is 2. The maximum Gasteiger partial charge on any atom is 0.317 e. The van der Waals surface area contributed by atoms with E-state index in [1.54, 1.807) is 0 Å². The van der Waals surface area contributed by atoms with Gasteiger partial charge in [-0.25, -0.2) is 4.79 Å². The number of hydrogen-bond acceptors (Lipinski definition) is 1. The zero-order valence-corrected chi connectivity index (χ0v) is 12.9.